The number of aliphatic hydroxyl groups excluding tert-OH is 1. The molecule has 158 valence electrons. The number of pyridine rings is 1. The molecule has 3 aromatic rings. The van der Waals surface area contributed by atoms with Crippen LogP contribution in [0.3, 0.4) is 0 Å². The Labute approximate surface area is 178 Å². The first-order chi connectivity index (χ1) is 14.4. The SMILES string of the molecule is CCN(Cc1cc2cc(C)c(C)cc2[nH]c1=O)c1ccc(N2CCC[C@@H](O)C2)cc1. The van der Waals surface area contributed by atoms with E-state index in [-0.39, 0.29) is 11.7 Å². The number of benzene rings is 2. The summed E-state index contributed by atoms with van der Waals surface area (Å²) >= 11 is 0. The van der Waals surface area contributed by atoms with Crippen LogP contribution in [0, 0.1) is 13.8 Å². The van der Waals surface area contributed by atoms with Crippen molar-refractivity contribution in [2.75, 3.05) is 29.4 Å². The normalized spacial score (nSPS) is 16.8. The zero-order valence-electron chi connectivity index (χ0n) is 18.1. The number of fused-ring (bicyclic) bond motifs is 1. The van der Waals surface area contributed by atoms with Gasteiger partial charge in [-0.3, -0.25) is 4.79 Å². The Kier molecular flexibility index (Phi) is 5.82. The van der Waals surface area contributed by atoms with Crippen LogP contribution in [-0.4, -0.2) is 35.8 Å². The van der Waals surface area contributed by atoms with Crippen molar-refractivity contribution in [1.29, 1.82) is 0 Å². The number of hydrogen-bond acceptors (Lipinski definition) is 4. The molecular formula is C25H31N3O2. The number of aliphatic hydroxyl groups is 1. The van der Waals surface area contributed by atoms with Gasteiger partial charge in [0.25, 0.3) is 5.56 Å². The largest absolute Gasteiger partial charge is 0.391 e. The highest BCUT2D eigenvalue weighted by Crippen LogP contribution is 2.25. The van der Waals surface area contributed by atoms with Gasteiger partial charge in [-0.25, -0.2) is 0 Å². The first-order valence-electron chi connectivity index (χ1n) is 10.9. The smallest absolute Gasteiger partial charge is 0.253 e. The molecule has 0 bridgehead atoms. The lowest BCUT2D eigenvalue weighted by atomic mass is 10.0. The van der Waals surface area contributed by atoms with E-state index in [4.69, 9.17) is 0 Å². The lowest BCUT2D eigenvalue weighted by Crippen LogP contribution is -2.38. The first-order valence-corrected chi connectivity index (χ1v) is 10.9. The third-order valence-electron chi connectivity index (χ3n) is 6.25. The van der Waals surface area contributed by atoms with E-state index in [0.29, 0.717) is 13.1 Å². The second kappa shape index (κ2) is 8.52. The highest BCUT2D eigenvalue weighted by Gasteiger charge is 2.18. The number of β-amino-alcohol motifs (C(OH)–C–C–N with tert-alkyl or cyclic N) is 1. The van der Waals surface area contributed by atoms with Crippen molar-refractivity contribution in [2.45, 2.75) is 46.3 Å². The van der Waals surface area contributed by atoms with Crippen molar-refractivity contribution in [3.63, 3.8) is 0 Å². The fraction of sp³-hybridized carbons (Fsp3) is 0.400. The van der Waals surface area contributed by atoms with Gasteiger partial charge >= 0.3 is 0 Å². The summed E-state index contributed by atoms with van der Waals surface area (Å²) in [6.07, 6.45) is 1.67. The number of aromatic amines is 1. The maximum absolute atomic E-state index is 12.7. The molecule has 5 heteroatoms. The van der Waals surface area contributed by atoms with E-state index in [1.165, 1.54) is 11.1 Å². The molecule has 1 atom stereocenters. The Balaban J connectivity index is 1.56. The predicted octanol–water partition coefficient (Wildman–Crippen LogP) is 4.13. The highest BCUT2D eigenvalue weighted by molar-refractivity contribution is 5.80. The quantitative estimate of drug-likeness (QED) is 0.670. The van der Waals surface area contributed by atoms with Crippen molar-refractivity contribution in [3.8, 4) is 0 Å². The molecule has 0 amide bonds. The lowest BCUT2D eigenvalue weighted by Gasteiger charge is -2.32. The number of nitrogens with one attached hydrogen (secondary N) is 1. The van der Waals surface area contributed by atoms with Crippen molar-refractivity contribution in [2.24, 2.45) is 0 Å². The summed E-state index contributed by atoms with van der Waals surface area (Å²) in [5.74, 6) is 0. The van der Waals surface area contributed by atoms with Crippen molar-refractivity contribution in [3.05, 3.63) is 69.5 Å². The van der Waals surface area contributed by atoms with E-state index in [9.17, 15) is 9.90 Å². The summed E-state index contributed by atoms with van der Waals surface area (Å²) in [5, 5.41) is 11.0. The van der Waals surface area contributed by atoms with Gasteiger partial charge in [0.15, 0.2) is 0 Å². The van der Waals surface area contributed by atoms with Gasteiger partial charge in [0.2, 0.25) is 0 Å². The molecule has 5 nitrogen and oxygen atoms in total. The van der Waals surface area contributed by atoms with Gasteiger partial charge in [-0.15, -0.1) is 0 Å². The van der Waals surface area contributed by atoms with Crippen LogP contribution in [-0.2, 0) is 6.54 Å². The minimum absolute atomic E-state index is 0.0249. The molecule has 1 aliphatic rings. The number of anilines is 2. The highest BCUT2D eigenvalue weighted by atomic mass is 16.3. The van der Waals surface area contributed by atoms with Crippen molar-refractivity contribution >= 4 is 22.3 Å². The fourth-order valence-electron chi connectivity index (χ4n) is 4.29. The topological polar surface area (TPSA) is 59.6 Å². The number of H-pyrrole nitrogens is 1. The van der Waals surface area contributed by atoms with Gasteiger partial charge in [0.1, 0.15) is 0 Å². The standard InChI is InChI=1S/C25H31N3O2/c1-4-27(21-7-9-22(10-8-21)28-11-5-6-23(29)16-28)15-20-14-19-12-17(2)18(3)13-24(19)26-25(20)30/h7-10,12-14,23,29H,4-6,11,15-16H2,1-3H3,(H,26,30)/t23-/m1/s1. The Morgan fingerprint density at radius 3 is 2.57 bits per heavy atom. The number of rotatable bonds is 5. The van der Waals surface area contributed by atoms with Crippen LogP contribution in [0.2, 0.25) is 0 Å². The fourth-order valence-corrected chi connectivity index (χ4v) is 4.29. The molecule has 0 unspecified atom stereocenters. The van der Waals surface area contributed by atoms with E-state index in [1.54, 1.807) is 0 Å². The zero-order chi connectivity index (χ0) is 21.3. The Bertz CT molecular complexity index is 1090. The summed E-state index contributed by atoms with van der Waals surface area (Å²) in [5.41, 5.74) is 6.29. The number of piperidine rings is 1. The van der Waals surface area contributed by atoms with Gasteiger partial charge in [0, 0.05) is 48.6 Å². The molecule has 1 aromatic heterocycles. The first kappa shape index (κ1) is 20.5. The van der Waals surface area contributed by atoms with Crippen LogP contribution >= 0.6 is 0 Å². The van der Waals surface area contributed by atoms with E-state index < -0.39 is 0 Å². The van der Waals surface area contributed by atoms with Crippen molar-refractivity contribution < 1.29 is 5.11 Å². The number of nitrogens with zero attached hydrogens (tertiary/aromatic N) is 2. The van der Waals surface area contributed by atoms with E-state index in [1.807, 2.05) is 12.1 Å². The molecule has 0 saturated carbocycles. The van der Waals surface area contributed by atoms with Crippen LogP contribution in [0.1, 0.15) is 36.5 Å². The molecule has 1 saturated heterocycles. The molecule has 1 fully saturated rings. The average Bonchev–Trinajstić information content (AvgIpc) is 2.74. The predicted molar refractivity (Wildman–Crippen MR) is 125 cm³/mol. The van der Waals surface area contributed by atoms with Crippen molar-refractivity contribution in [1.82, 2.24) is 4.98 Å². The third-order valence-corrected chi connectivity index (χ3v) is 6.25. The summed E-state index contributed by atoms with van der Waals surface area (Å²) in [6.45, 7) is 9.33. The molecule has 0 radical (unpaired) electrons. The van der Waals surface area contributed by atoms with Crippen LogP contribution in [0.25, 0.3) is 10.9 Å². The molecule has 4 rings (SSSR count). The molecule has 0 aliphatic carbocycles. The Morgan fingerprint density at radius 2 is 1.87 bits per heavy atom. The van der Waals surface area contributed by atoms with Gasteiger partial charge in [-0.2, -0.15) is 0 Å². The number of aromatic nitrogens is 1. The average molecular weight is 406 g/mol. The molecule has 0 spiro atoms. The summed E-state index contributed by atoms with van der Waals surface area (Å²) in [6, 6.07) is 14.7. The van der Waals surface area contributed by atoms with Gasteiger partial charge in [0.05, 0.1) is 6.10 Å². The maximum Gasteiger partial charge on any atom is 0.253 e. The van der Waals surface area contributed by atoms with Crippen LogP contribution in [0.4, 0.5) is 11.4 Å². The molecular weight excluding hydrogens is 374 g/mol. The minimum atomic E-state index is -0.238. The van der Waals surface area contributed by atoms with Gasteiger partial charge in [-0.1, -0.05) is 0 Å². The van der Waals surface area contributed by atoms with Gasteiger partial charge < -0.3 is 19.9 Å². The number of aryl methyl sites for hydroxylation is 2. The van der Waals surface area contributed by atoms with Crippen LogP contribution in [0.15, 0.2) is 47.3 Å². The second-order valence-electron chi connectivity index (χ2n) is 8.42. The molecule has 2 heterocycles. The minimum Gasteiger partial charge on any atom is -0.391 e. The molecule has 2 aromatic carbocycles. The molecule has 2 N–H and O–H groups in total. The summed E-state index contributed by atoms with van der Waals surface area (Å²) in [4.78, 5) is 20.2. The Morgan fingerprint density at radius 1 is 1.13 bits per heavy atom. The molecule has 30 heavy (non-hydrogen) atoms. The lowest BCUT2D eigenvalue weighted by molar-refractivity contribution is 0.154. The van der Waals surface area contributed by atoms with E-state index in [0.717, 1.165) is 53.8 Å². The van der Waals surface area contributed by atoms with Crippen LogP contribution in [0.5, 0.6) is 0 Å². The maximum atomic E-state index is 12.7. The van der Waals surface area contributed by atoms with Gasteiger partial charge in [-0.05, 0) is 92.6 Å². The van der Waals surface area contributed by atoms with Crippen LogP contribution < -0.4 is 15.4 Å². The number of hydrogen-bond donors (Lipinski definition) is 2. The second-order valence-corrected chi connectivity index (χ2v) is 8.42. The zero-order valence-corrected chi connectivity index (χ0v) is 18.1. The monoisotopic (exact) mass is 405 g/mol. The van der Waals surface area contributed by atoms with E-state index >= 15 is 0 Å². The Hall–Kier alpha value is -2.79. The molecule has 1 aliphatic heterocycles. The summed E-state index contributed by atoms with van der Waals surface area (Å²) in [7, 11) is 0. The summed E-state index contributed by atoms with van der Waals surface area (Å²) < 4.78 is 0. The van der Waals surface area contributed by atoms with E-state index in [2.05, 4.69) is 65.9 Å². The third kappa shape index (κ3) is 4.21.